The number of anilines is 1. The smallest absolute Gasteiger partial charge is 0.264 e. The van der Waals surface area contributed by atoms with Crippen molar-refractivity contribution >= 4 is 27.5 Å². The van der Waals surface area contributed by atoms with Crippen molar-refractivity contribution < 1.29 is 18.0 Å². The van der Waals surface area contributed by atoms with Gasteiger partial charge in [0.1, 0.15) is 12.6 Å². The van der Waals surface area contributed by atoms with Crippen LogP contribution < -0.4 is 9.62 Å². The third-order valence-electron chi connectivity index (χ3n) is 6.13. The molecule has 0 aliphatic heterocycles. The lowest BCUT2D eigenvalue weighted by Crippen LogP contribution is -2.52. The summed E-state index contributed by atoms with van der Waals surface area (Å²) in [5.74, 6) is -0.716. The van der Waals surface area contributed by atoms with Crippen LogP contribution in [0.5, 0.6) is 0 Å². The molecular formula is C29H35N3O4S. The van der Waals surface area contributed by atoms with Gasteiger partial charge in [0, 0.05) is 13.1 Å². The molecule has 7 nitrogen and oxygen atoms in total. The Labute approximate surface area is 220 Å². The van der Waals surface area contributed by atoms with Gasteiger partial charge in [0.15, 0.2) is 0 Å². The lowest BCUT2D eigenvalue weighted by atomic mass is 10.1. The minimum atomic E-state index is -4.04. The molecule has 0 saturated heterocycles. The van der Waals surface area contributed by atoms with Crippen LogP contribution in [0, 0.1) is 6.92 Å². The number of rotatable bonds is 12. The van der Waals surface area contributed by atoms with Crippen molar-refractivity contribution in [3.8, 4) is 0 Å². The van der Waals surface area contributed by atoms with Crippen molar-refractivity contribution in [3.63, 3.8) is 0 Å². The molecular weight excluding hydrogens is 486 g/mol. The molecule has 2 amide bonds. The molecule has 0 aliphatic rings. The monoisotopic (exact) mass is 521 g/mol. The second-order valence-corrected chi connectivity index (χ2v) is 10.8. The van der Waals surface area contributed by atoms with Crippen LogP contribution in [0.15, 0.2) is 89.8 Å². The van der Waals surface area contributed by atoms with Gasteiger partial charge in [-0.25, -0.2) is 8.42 Å². The van der Waals surface area contributed by atoms with E-state index < -0.39 is 28.5 Å². The van der Waals surface area contributed by atoms with Crippen molar-refractivity contribution in [2.24, 2.45) is 0 Å². The number of sulfonamides is 1. The number of hydrogen-bond donors (Lipinski definition) is 1. The van der Waals surface area contributed by atoms with Gasteiger partial charge in [-0.2, -0.15) is 0 Å². The Bertz CT molecular complexity index is 1260. The maximum atomic E-state index is 13.8. The first-order valence-electron chi connectivity index (χ1n) is 12.5. The predicted octanol–water partition coefficient (Wildman–Crippen LogP) is 4.18. The van der Waals surface area contributed by atoms with E-state index in [1.54, 1.807) is 49.4 Å². The van der Waals surface area contributed by atoms with E-state index in [1.807, 2.05) is 44.2 Å². The minimum Gasteiger partial charge on any atom is -0.354 e. The van der Waals surface area contributed by atoms with Gasteiger partial charge < -0.3 is 10.2 Å². The number of nitrogens with one attached hydrogen (secondary N) is 1. The Hall–Kier alpha value is -3.65. The fourth-order valence-electron chi connectivity index (χ4n) is 3.93. The Morgan fingerprint density at radius 2 is 1.49 bits per heavy atom. The fraction of sp³-hybridized carbons (Fsp3) is 0.310. The first kappa shape index (κ1) is 27.9. The van der Waals surface area contributed by atoms with Crippen LogP contribution in [0.3, 0.4) is 0 Å². The number of aryl methyl sites for hydroxylation is 1. The molecule has 1 atom stereocenters. The van der Waals surface area contributed by atoms with Crippen LogP contribution >= 0.6 is 0 Å². The zero-order valence-electron chi connectivity index (χ0n) is 21.6. The molecule has 196 valence electrons. The molecule has 0 unspecified atom stereocenters. The van der Waals surface area contributed by atoms with E-state index in [0.29, 0.717) is 18.7 Å². The second-order valence-electron chi connectivity index (χ2n) is 8.95. The molecule has 0 spiro atoms. The summed E-state index contributed by atoms with van der Waals surface area (Å²) in [5.41, 5.74) is 2.38. The van der Waals surface area contributed by atoms with Crippen molar-refractivity contribution in [2.75, 3.05) is 23.9 Å². The first-order chi connectivity index (χ1) is 17.7. The van der Waals surface area contributed by atoms with E-state index in [2.05, 4.69) is 5.32 Å². The maximum Gasteiger partial charge on any atom is 0.264 e. The Morgan fingerprint density at radius 1 is 0.892 bits per heavy atom. The van der Waals surface area contributed by atoms with Gasteiger partial charge in [0.05, 0.1) is 10.6 Å². The SMILES string of the molecule is CCCNC(=O)[C@@H](C)N(CCc1ccccc1)C(=O)CN(c1ccc(C)cc1)S(=O)(=O)c1ccccc1. The van der Waals surface area contributed by atoms with Crippen molar-refractivity contribution in [2.45, 2.75) is 44.6 Å². The Morgan fingerprint density at radius 3 is 2.08 bits per heavy atom. The van der Waals surface area contributed by atoms with E-state index >= 15 is 0 Å². The molecule has 3 aromatic carbocycles. The molecule has 37 heavy (non-hydrogen) atoms. The van der Waals surface area contributed by atoms with E-state index in [0.717, 1.165) is 21.9 Å². The molecule has 1 N–H and O–H groups in total. The zero-order chi connectivity index (χ0) is 26.8. The third kappa shape index (κ3) is 7.43. The van der Waals surface area contributed by atoms with Crippen LogP contribution in [-0.4, -0.2) is 50.8 Å². The van der Waals surface area contributed by atoms with Gasteiger partial charge in [-0.15, -0.1) is 0 Å². The third-order valence-corrected chi connectivity index (χ3v) is 7.92. The number of amides is 2. The molecule has 3 rings (SSSR count). The minimum absolute atomic E-state index is 0.0907. The van der Waals surface area contributed by atoms with E-state index in [1.165, 1.54) is 17.0 Å². The van der Waals surface area contributed by atoms with Crippen molar-refractivity contribution in [3.05, 3.63) is 96.1 Å². The van der Waals surface area contributed by atoms with Gasteiger partial charge in [-0.1, -0.05) is 73.2 Å². The van der Waals surface area contributed by atoms with Crippen LogP contribution in [0.2, 0.25) is 0 Å². The van der Waals surface area contributed by atoms with Crippen LogP contribution in [0.25, 0.3) is 0 Å². The summed E-state index contributed by atoms with van der Waals surface area (Å²) in [7, 11) is -4.04. The largest absolute Gasteiger partial charge is 0.354 e. The quantitative estimate of drug-likeness (QED) is 0.388. The fourth-order valence-corrected chi connectivity index (χ4v) is 5.36. The van der Waals surface area contributed by atoms with Crippen molar-refractivity contribution in [1.82, 2.24) is 10.2 Å². The molecule has 0 heterocycles. The van der Waals surface area contributed by atoms with E-state index in [-0.39, 0.29) is 17.3 Å². The summed E-state index contributed by atoms with van der Waals surface area (Å²) in [5, 5.41) is 2.85. The van der Waals surface area contributed by atoms with Gasteiger partial charge in [0.25, 0.3) is 10.0 Å². The van der Waals surface area contributed by atoms with Gasteiger partial charge in [0.2, 0.25) is 11.8 Å². The highest BCUT2D eigenvalue weighted by Crippen LogP contribution is 2.24. The normalized spacial score (nSPS) is 12.0. The maximum absolute atomic E-state index is 13.8. The lowest BCUT2D eigenvalue weighted by Gasteiger charge is -2.32. The summed E-state index contributed by atoms with van der Waals surface area (Å²) >= 11 is 0. The summed E-state index contributed by atoms with van der Waals surface area (Å²) in [6.45, 7) is 5.89. The van der Waals surface area contributed by atoms with Crippen LogP contribution in [-0.2, 0) is 26.0 Å². The Balaban J connectivity index is 1.94. The number of nitrogens with zero attached hydrogens (tertiary/aromatic N) is 2. The molecule has 0 radical (unpaired) electrons. The summed E-state index contributed by atoms with van der Waals surface area (Å²) in [4.78, 5) is 28.1. The summed E-state index contributed by atoms with van der Waals surface area (Å²) in [6.07, 6.45) is 1.31. The standard InChI is InChI=1S/C29H35N3O4S/c1-4-20-30-29(34)24(3)31(21-19-25-11-7-5-8-12-25)28(33)22-32(26-17-15-23(2)16-18-26)37(35,36)27-13-9-6-10-14-27/h5-18,24H,4,19-22H2,1-3H3,(H,30,34)/t24-/m1/s1. The topological polar surface area (TPSA) is 86.8 Å². The number of benzene rings is 3. The molecule has 0 aliphatic carbocycles. The first-order valence-corrected chi connectivity index (χ1v) is 13.9. The Kier molecular flexibility index (Phi) is 9.85. The average Bonchev–Trinajstić information content (AvgIpc) is 2.92. The molecule has 8 heteroatoms. The van der Waals surface area contributed by atoms with Gasteiger partial charge in [-0.3, -0.25) is 13.9 Å². The number of hydrogen-bond acceptors (Lipinski definition) is 4. The molecule has 0 fully saturated rings. The summed E-state index contributed by atoms with van der Waals surface area (Å²) in [6, 6.07) is 24.0. The average molecular weight is 522 g/mol. The molecule has 3 aromatic rings. The second kappa shape index (κ2) is 13.1. The molecule has 0 aromatic heterocycles. The van der Waals surface area contributed by atoms with E-state index in [9.17, 15) is 18.0 Å². The van der Waals surface area contributed by atoms with Crippen molar-refractivity contribution in [1.29, 1.82) is 0 Å². The number of carbonyl (C=O) groups is 2. The predicted molar refractivity (Wildman–Crippen MR) is 147 cm³/mol. The zero-order valence-corrected chi connectivity index (χ0v) is 22.4. The molecule has 0 saturated carbocycles. The van der Waals surface area contributed by atoms with Crippen LogP contribution in [0.1, 0.15) is 31.4 Å². The molecule has 0 bridgehead atoms. The number of carbonyl (C=O) groups excluding carboxylic acids is 2. The highest BCUT2D eigenvalue weighted by Gasteiger charge is 2.32. The lowest BCUT2D eigenvalue weighted by molar-refractivity contribution is -0.138. The summed E-state index contributed by atoms with van der Waals surface area (Å²) < 4.78 is 28.5. The van der Waals surface area contributed by atoms with E-state index in [4.69, 9.17) is 0 Å². The highest BCUT2D eigenvalue weighted by molar-refractivity contribution is 7.92. The van der Waals surface area contributed by atoms with Crippen LogP contribution in [0.4, 0.5) is 5.69 Å². The highest BCUT2D eigenvalue weighted by atomic mass is 32.2. The van der Waals surface area contributed by atoms with Gasteiger partial charge >= 0.3 is 0 Å². The van der Waals surface area contributed by atoms with Gasteiger partial charge in [-0.05, 0) is 56.5 Å².